The molecule has 1 amide bonds. The maximum atomic E-state index is 13.0. The number of carbonyl (C=O) groups excluding carboxylic acids is 1. The van der Waals surface area contributed by atoms with Crippen LogP contribution in [0, 0.1) is 5.92 Å². The number of piperazine rings is 1. The molecule has 1 heterocycles. The highest BCUT2D eigenvalue weighted by molar-refractivity contribution is 7.89. The van der Waals surface area contributed by atoms with Crippen LogP contribution in [0.4, 0.5) is 0 Å². The van der Waals surface area contributed by atoms with Crippen molar-refractivity contribution >= 4 is 39.1 Å². The van der Waals surface area contributed by atoms with Gasteiger partial charge in [-0.3, -0.25) is 4.79 Å². The van der Waals surface area contributed by atoms with E-state index in [9.17, 15) is 13.2 Å². The minimum atomic E-state index is -3.56. The second-order valence-corrected chi connectivity index (χ2v) is 9.45. The quantitative estimate of drug-likeness (QED) is 0.820. The zero-order valence-corrected chi connectivity index (χ0v) is 17.3. The van der Waals surface area contributed by atoms with Crippen LogP contribution >= 0.6 is 12.4 Å². The van der Waals surface area contributed by atoms with Crippen LogP contribution in [0.25, 0.3) is 10.8 Å². The topological polar surface area (TPSA) is 83.7 Å². The van der Waals surface area contributed by atoms with Gasteiger partial charge in [0.25, 0.3) is 0 Å². The van der Waals surface area contributed by atoms with Crippen LogP contribution in [-0.2, 0) is 14.8 Å². The number of hydrogen-bond acceptors (Lipinski definition) is 4. The van der Waals surface area contributed by atoms with Gasteiger partial charge in [0.1, 0.15) is 0 Å². The lowest BCUT2D eigenvalue weighted by molar-refractivity contribution is -0.136. The van der Waals surface area contributed by atoms with Crippen molar-refractivity contribution < 1.29 is 13.2 Å². The Bertz CT molecular complexity index is 958. The standard InChI is InChI=1S/C20H25N3O3S.ClH/c21-18-7-5-17(13-18)20(24)22-9-11-23(12-10-22)27(25,26)19-8-6-15-3-1-2-4-16(15)14-19;/h1-4,6,8,14,17-18H,5,7,9-13,21H2;1H. The first-order valence-corrected chi connectivity index (χ1v) is 10.9. The summed E-state index contributed by atoms with van der Waals surface area (Å²) in [5.74, 6) is 0.134. The van der Waals surface area contributed by atoms with Gasteiger partial charge in [-0.2, -0.15) is 4.31 Å². The minimum Gasteiger partial charge on any atom is -0.340 e. The van der Waals surface area contributed by atoms with Crippen molar-refractivity contribution in [2.24, 2.45) is 11.7 Å². The first kappa shape index (κ1) is 21.0. The molecule has 1 aliphatic carbocycles. The molecule has 1 saturated heterocycles. The monoisotopic (exact) mass is 423 g/mol. The Morgan fingerprint density at radius 2 is 1.64 bits per heavy atom. The van der Waals surface area contributed by atoms with E-state index in [1.807, 2.05) is 30.3 Å². The van der Waals surface area contributed by atoms with E-state index in [0.717, 1.165) is 30.0 Å². The third-order valence-corrected chi connectivity index (χ3v) is 7.63. The Morgan fingerprint density at radius 1 is 0.964 bits per heavy atom. The van der Waals surface area contributed by atoms with Crippen molar-refractivity contribution in [1.82, 2.24) is 9.21 Å². The Balaban J connectivity index is 0.00000225. The zero-order chi connectivity index (χ0) is 19.0. The fraction of sp³-hybridized carbons (Fsp3) is 0.450. The van der Waals surface area contributed by atoms with Gasteiger partial charge in [-0.15, -0.1) is 12.4 Å². The molecule has 4 rings (SSSR count). The highest BCUT2D eigenvalue weighted by Crippen LogP contribution is 2.27. The maximum absolute atomic E-state index is 13.0. The average molecular weight is 424 g/mol. The molecule has 2 N–H and O–H groups in total. The van der Waals surface area contributed by atoms with Gasteiger partial charge in [0.2, 0.25) is 15.9 Å². The predicted molar refractivity (Wildman–Crippen MR) is 112 cm³/mol. The number of sulfonamides is 1. The van der Waals surface area contributed by atoms with Gasteiger partial charge in [0, 0.05) is 38.1 Å². The van der Waals surface area contributed by atoms with Crippen LogP contribution in [0.3, 0.4) is 0 Å². The van der Waals surface area contributed by atoms with Gasteiger partial charge in [-0.1, -0.05) is 30.3 Å². The van der Waals surface area contributed by atoms with Gasteiger partial charge >= 0.3 is 0 Å². The van der Waals surface area contributed by atoms with Crippen molar-refractivity contribution in [1.29, 1.82) is 0 Å². The molecule has 2 unspecified atom stereocenters. The second kappa shape index (κ2) is 8.37. The third-order valence-electron chi connectivity index (χ3n) is 5.73. The van der Waals surface area contributed by atoms with Crippen molar-refractivity contribution in [2.75, 3.05) is 26.2 Å². The summed E-state index contributed by atoms with van der Waals surface area (Å²) >= 11 is 0. The van der Waals surface area contributed by atoms with Crippen molar-refractivity contribution in [2.45, 2.75) is 30.2 Å². The summed E-state index contributed by atoms with van der Waals surface area (Å²) in [7, 11) is -3.56. The molecule has 0 radical (unpaired) electrons. The molecule has 0 spiro atoms. The van der Waals surface area contributed by atoms with Crippen LogP contribution in [0.15, 0.2) is 47.4 Å². The van der Waals surface area contributed by atoms with Crippen LogP contribution in [0.5, 0.6) is 0 Å². The van der Waals surface area contributed by atoms with E-state index in [1.54, 1.807) is 17.0 Å². The number of amides is 1. The molecular formula is C20H26ClN3O3S. The smallest absolute Gasteiger partial charge is 0.243 e. The summed E-state index contributed by atoms with van der Waals surface area (Å²) in [6.45, 7) is 1.55. The first-order chi connectivity index (χ1) is 12.9. The largest absolute Gasteiger partial charge is 0.340 e. The highest BCUT2D eigenvalue weighted by atomic mass is 35.5. The van der Waals surface area contributed by atoms with Gasteiger partial charge in [-0.05, 0) is 42.2 Å². The minimum absolute atomic E-state index is 0. The average Bonchev–Trinajstić information content (AvgIpc) is 3.13. The van der Waals surface area contributed by atoms with Gasteiger partial charge in [-0.25, -0.2) is 8.42 Å². The Kier molecular flexibility index (Phi) is 6.29. The van der Waals surface area contributed by atoms with Crippen molar-refractivity contribution in [3.63, 3.8) is 0 Å². The lowest BCUT2D eigenvalue weighted by Crippen LogP contribution is -2.51. The number of halogens is 1. The van der Waals surface area contributed by atoms with E-state index in [0.29, 0.717) is 31.1 Å². The predicted octanol–water partition coefficient (Wildman–Crippen LogP) is 2.22. The summed E-state index contributed by atoms with van der Waals surface area (Å²) in [4.78, 5) is 14.7. The highest BCUT2D eigenvalue weighted by Gasteiger charge is 2.35. The van der Waals surface area contributed by atoms with Crippen LogP contribution < -0.4 is 5.73 Å². The fourth-order valence-electron chi connectivity index (χ4n) is 4.12. The van der Waals surface area contributed by atoms with E-state index < -0.39 is 10.0 Å². The molecule has 152 valence electrons. The van der Waals surface area contributed by atoms with Gasteiger partial charge < -0.3 is 10.6 Å². The number of rotatable bonds is 3. The molecule has 2 fully saturated rings. The number of nitrogens with zero attached hydrogens (tertiary/aromatic N) is 2. The maximum Gasteiger partial charge on any atom is 0.243 e. The van der Waals surface area contributed by atoms with E-state index in [-0.39, 0.29) is 30.3 Å². The molecule has 0 bridgehead atoms. The van der Waals surface area contributed by atoms with Gasteiger partial charge in [0.05, 0.1) is 4.90 Å². The van der Waals surface area contributed by atoms with Gasteiger partial charge in [0.15, 0.2) is 0 Å². The number of nitrogens with two attached hydrogens (primary N) is 1. The fourth-order valence-corrected chi connectivity index (χ4v) is 5.58. The lowest BCUT2D eigenvalue weighted by Gasteiger charge is -2.35. The van der Waals surface area contributed by atoms with Crippen molar-refractivity contribution in [3.05, 3.63) is 42.5 Å². The number of fused-ring (bicyclic) bond motifs is 1. The molecule has 8 heteroatoms. The third kappa shape index (κ3) is 4.03. The summed E-state index contributed by atoms with van der Waals surface area (Å²) in [6, 6.07) is 13.1. The van der Waals surface area contributed by atoms with Crippen molar-refractivity contribution in [3.8, 4) is 0 Å². The molecule has 2 aromatic carbocycles. The lowest BCUT2D eigenvalue weighted by atomic mass is 10.1. The molecule has 2 aromatic rings. The Labute approximate surface area is 172 Å². The second-order valence-electron chi connectivity index (χ2n) is 7.51. The number of hydrogen-bond donors (Lipinski definition) is 1. The van der Waals surface area contributed by atoms with Crippen LogP contribution in [0.1, 0.15) is 19.3 Å². The summed E-state index contributed by atoms with van der Waals surface area (Å²) in [6.07, 6.45) is 2.48. The van der Waals surface area contributed by atoms with E-state index >= 15 is 0 Å². The Hall–Kier alpha value is -1.67. The zero-order valence-electron chi connectivity index (χ0n) is 15.7. The van der Waals surface area contributed by atoms with E-state index in [1.165, 1.54) is 4.31 Å². The number of benzene rings is 2. The molecule has 1 saturated carbocycles. The molecule has 28 heavy (non-hydrogen) atoms. The Morgan fingerprint density at radius 3 is 2.29 bits per heavy atom. The number of carbonyl (C=O) groups is 1. The van der Waals surface area contributed by atoms with Crippen LogP contribution in [-0.4, -0.2) is 55.8 Å². The molecule has 0 aromatic heterocycles. The normalized spacial score (nSPS) is 23.5. The SMILES string of the molecule is Cl.NC1CCC(C(=O)N2CCN(S(=O)(=O)c3ccc4ccccc4c3)CC2)C1. The van der Waals surface area contributed by atoms with E-state index in [2.05, 4.69) is 0 Å². The van der Waals surface area contributed by atoms with E-state index in [4.69, 9.17) is 5.73 Å². The molecule has 2 aliphatic rings. The van der Waals surface area contributed by atoms with Crippen LogP contribution in [0.2, 0.25) is 0 Å². The molecular weight excluding hydrogens is 398 g/mol. The summed E-state index contributed by atoms with van der Waals surface area (Å²) in [5.41, 5.74) is 5.92. The summed E-state index contributed by atoms with van der Waals surface area (Å²) in [5, 5.41) is 1.92. The summed E-state index contributed by atoms with van der Waals surface area (Å²) < 4.78 is 27.5. The molecule has 2 atom stereocenters. The molecule has 1 aliphatic heterocycles. The first-order valence-electron chi connectivity index (χ1n) is 9.48. The molecule has 6 nitrogen and oxygen atoms in total.